The van der Waals surface area contributed by atoms with E-state index in [-0.39, 0.29) is 11.9 Å². The summed E-state index contributed by atoms with van der Waals surface area (Å²) in [5.74, 6) is 0.581. The number of nitrogens with one attached hydrogen (secondary N) is 3. The SMILES string of the molecule is C=CC(=O)NC(c1cccc(N)c1)c1cccc(Nc2[nH]ncc2C)c1. The van der Waals surface area contributed by atoms with Crippen LogP contribution in [-0.4, -0.2) is 16.1 Å². The molecule has 2 aromatic carbocycles. The molecule has 5 N–H and O–H groups in total. The maximum Gasteiger partial charge on any atom is 0.244 e. The molecule has 0 fully saturated rings. The Morgan fingerprint density at radius 1 is 1.23 bits per heavy atom. The number of carbonyl (C=O) groups excluding carboxylic acids is 1. The predicted molar refractivity (Wildman–Crippen MR) is 104 cm³/mol. The number of aromatic amines is 1. The fourth-order valence-electron chi connectivity index (χ4n) is 2.71. The Kier molecular flexibility index (Phi) is 5.03. The van der Waals surface area contributed by atoms with Crippen molar-refractivity contribution in [3.8, 4) is 0 Å². The second-order valence-electron chi connectivity index (χ2n) is 5.99. The van der Waals surface area contributed by atoms with E-state index in [1.165, 1.54) is 6.08 Å². The number of anilines is 3. The van der Waals surface area contributed by atoms with E-state index in [9.17, 15) is 4.79 Å². The summed E-state index contributed by atoms with van der Waals surface area (Å²) in [7, 11) is 0. The van der Waals surface area contributed by atoms with Crippen molar-refractivity contribution in [3.05, 3.63) is 84.1 Å². The lowest BCUT2D eigenvalue weighted by Crippen LogP contribution is -2.27. The lowest BCUT2D eigenvalue weighted by atomic mass is 9.97. The molecule has 0 bridgehead atoms. The van der Waals surface area contributed by atoms with E-state index >= 15 is 0 Å². The van der Waals surface area contributed by atoms with Gasteiger partial charge in [-0.3, -0.25) is 9.89 Å². The van der Waals surface area contributed by atoms with E-state index in [0.29, 0.717) is 5.69 Å². The molecular formula is C20H21N5O. The number of nitrogens with zero attached hydrogens (tertiary/aromatic N) is 1. The van der Waals surface area contributed by atoms with Gasteiger partial charge in [0.25, 0.3) is 0 Å². The van der Waals surface area contributed by atoms with Gasteiger partial charge in [-0.1, -0.05) is 30.8 Å². The molecule has 3 rings (SSSR count). The highest BCUT2D eigenvalue weighted by Crippen LogP contribution is 2.27. The van der Waals surface area contributed by atoms with Gasteiger partial charge in [0.05, 0.1) is 12.2 Å². The number of hydrogen-bond acceptors (Lipinski definition) is 4. The number of hydrogen-bond donors (Lipinski definition) is 4. The van der Waals surface area contributed by atoms with Gasteiger partial charge in [-0.25, -0.2) is 0 Å². The minimum Gasteiger partial charge on any atom is -0.399 e. The van der Waals surface area contributed by atoms with Gasteiger partial charge in [-0.2, -0.15) is 5.10 Å². The van der Waals surface area contributed by atoms with Crippen LogP contribution in [0.15, 0.2) is 67.4 Å². The molecule has 132 valence electrons. The third kappa shape index (κ3) is 3.92. The van der Waals surface area contributed by atoms with Crippen LogP contribution in [0.4, 0.5) is 17.2 Å². The lowest BCUT2D eigenvalue weighted by Gasteiger charge is -2.20. The van der Waals surface area contributed by atoms with Gasteiger partial charge in [-0.05, 0) is 48.4 Å². The van der Waals surface area contributed by atoms with Crippen molar-refractivity contribution in [2.75, 3.05) is 11.1 Å². The van der Waals surface area contributed by atoms with Crippen LogP contribution < -0.4 is 16.4 Å². The van der Waals surface area contributed by atoms with Gasteiger partial charge in [0.1, 0.15) is 5.82 Å². The van der Waals surface area contributed by atoms with Gasteiger partial charge in [-0.15, -0.1) is 0 Å². The van der Waals surface area contributed by atoms with Gasteiger partial charge in [0.15, 0.2) is 0 Å². The zero-order valence-corrected chi connectivity index (χ0v) is 14.5. The summed E-state index contributed by atoms with van der Waals surface area (Å²) in [6.07, 6.45) is 3.02. The molecule has 0 aliphatic carbocycles. The zero-order valence-electron chi connectivity index (χ0n) is 14.5. The highest BCUT2D eigenvalue weighted by Gasteiger charge is 2.16. The van der Waals surface area contributed by atoms with Crippen molar-refractivity contribution < 1.29 is 4.79 Å². The lowest BCUT2D eigenvalue weighted by molar-refractivity contribution is -0.116. The van der Waals surface area contributed by atoms with Crippen LogP contribution >= 0.6 is 0 Å². The number of amides is 1. The molecule has 6 heteroatoms. The summed E-state index contributed by atoms with van der Waals surface area (Å²) in [4.78, 5) is 12.0. The Labute approximate surface area is 152 Å². The standard InChI is InChI=1S/C20H21N5O/c1-3-18(26)24-19(14-6-4-8-16(21)10-14)15-7-5-9-17(11-15)23-20-13(2)12-22-25-20/h3-12,19H,1,21H2,2H3,(H,24,26)(H2,22,23,25). The van der Waals surface area contributed by atoms with E-state index in [2.05, 4.69) is 27.4 Å². The fourth-order valence-corrected chi connectivity index (χ4v) is 2.71. The first kappa shape index (κ1) is 17.3. The maximum absolute atomic E-state index is 12.0. The van der Waals surface area contributed by atoms with Crippen molar-refractivity contribution in [1.29, 1.82) is 0 Å². The van der Waals surface area contributed by atoms with E-state index < -0.39 is 0 Å². The average Bonchev–Trinajstić information content (AvgIpc) is 3.04. The monoisotopic (exact) mass is 347 g/mol. The summed E-state index contributed by atoms with van der Waals surface area (Å²) in [5.41, 5.74) is 10.3. The third-order valence-corrected chi connectivity index (χ3v) is 4.03. The van der Waals surface area contributed by atoms with E-state index in [0.717, 1.165) is 28.2 Å². The molecule has 1 atom stereocenters. The Morgan fingerprint density at radius 2 is 1.96 bits per heavy atom. The summed E-state index contributed by atoms with van der Waals surface area (Å²) >= 11 is 0. The first-order valence-electron chi connectivity index (χ1n) is 8.22. The van der Waals surface area contributed by atoms with Crippen LogP contribution in [0, 0.1) is 6.92 Å². The summed E-state index contributed by atoms with van der Waals surface area (Å²) < 4.78 is 0. The fraction of sp³-hybridized carbons (Fsp3) is 0.100. The third-order valence-electron chi connectivity index (χ3n) is 4.03. The number of rotatable bonds is 6. The van der Waals surface area contributed by atoms with Crippen LogP contribution in [0.2, 0.25) is 0 Å². The largest absolute Gasteiger partial charge is 0.399 e. The molecule has 6 nitrogen and oxygen atoms in total. The quantitative estimate of drug-likeness (QED) is 0.406. The molecule has 26 heavy (non-hydrogen) atoms. The summed E-state index contributed by atoms with van der Waals surface area (Å²) in [6.45, 7) is 5.50. The van der Waals surface area contributed by atoms with Crippen LogP contribution in [0.25, 0.3) is 0 Å². The van der Waals surface area contributed by atoms with Crippen LogP contribution in [0.5, 0.6) is 0 Å². The first-order chi connectivity index (χ1) is 12.6. The smallest absolute Gasteiger partial charge is 0.244 e. The van der Waals surface area contributed by atoms with Gasteiger partial charge >= 0.3 is 0 Å². The van der Waals surface area contributed by atoms with Gasteiger partial charge in [0.2, 0.25) is 5.91 Å². The number of aromatic nitrogens is 2. The molecule has 0 saturated heterocycles. The number of nitrogens with two attached hydrogens (primary N) is 1. The Hall–Kier alpha value is -3.54. The van der Waals surface area contributed by atoms with Crippen molar-refractivity contribution in [2.24, 2.45) is 0 Å². The Balaban J connectivity index is 1.95. The first-order valence-corrected chi connectivity index (χ1v) is 8.22. The summed E-state index contributed by atoms with van der Waals surface area (Å²) in [5, 5.41) is 13.2. The van der Waals surface area contributed by atoms with E-state index in [1.807, 2.05) is 55.5 Å². The molecule has 1 amide bonds. The van der Waals surface area contributed by atoms with Crippen molar-refractivity contribution in [2.45, 2.75) is 13.0 Å². The Morgan fingerprint density at radius 3 is 2.62 bits per heavy atom. The number of H-pyrrole nitrogens is 1. The average molecular weight is 347 g/mol. The van der Waals surface area contributed by atoms with Gasteiger partial charge in [0, 0.05) is 16.9 Å². The summed E-state index contributed by atoms with van der Waals surface area (Å²) in [6, 6.07) is 15.0. The molecule has 1 aromatic heterocycles. The van der Waals surface area contributed by atoms with E-state index in [4.69, 9.17) is 5.73 Å². The molecule has 0 radical (unpaired) electrons. The molecule has 1 unspecified atom stereocenters. The van der Waals surface area contributed by atoms with Crippen molar-refractivity contribution in [3.63, 3.8) is 0 Å². The highest BCUT2D eigenvalue weighted by molar-refractivity contribution is 5.87. The minimum absolute atomic E-state index is 0.250. The Bertz CT molecular complexity index is 931. The molecule has 1 heterocycles. The normalized spacial score (nSPS) is 11.6. The molecule has 0 aliphatic rings. The molecular weight excluding hydrogens is 326 g/mol. The van der Waals surface area contributed by atoms with Crippen molar-refractivity contribution in [1.82, 2.24) is 15.5 Å². The number of carbonyl (C=O) groups is 1. The van der Waals surface area contributed by atoms with Gasteiger partial charge < -0.3 is 16.4 Å². The van der Waals surface area contributed by atoms with Crippen molar-refractivity contribution >= 4 is 23.1 Å². The topological polar surface area (TPSA) is 95.8 Å². The van der Waals surface area contributed by atoms with E-state index in [1.54, 1.807) is 6.20 Å². The number of nitrogen functional groups attached to an aromatic ring is 1. The number of aryl methyl sites for hydroxylation is 1. The molecule has 0 aliphatic heterocycles. The highest BCUT2D eigenvalue weighted by atomic mass is 16.1. The molecule has 0 saturated carbocycles. The predicted octanol–water partition coefficient (Wildman–Crippen LogP) is 3.44. The minimum atomic E-state index is -0.339. The van der Waals surface area contributed by atoms with Crippen LogP contribution in [0.3, 0.4) is 0 Å². The molecule has 0 spiro atoms. The van der Waals surface area contributed by atoms with Crippen LogP contribution in [-0.2, 0) is 4.79 Å². The maximum atomic E-state index is 12.0. The molecule has 3 aromatic rings. The number of benzene rings is 2. The second kappa shape index (κ2) is 7.57. The van der Waals surface area contributed by atoms with Crippen LogP contribution in [0.1, 0.15) is 22.7 Å². The zero-order chi connectivity index (χ0) is 18.5. The second-order valence-corrected chi connectivity index (χ2v) is 5.99.